The molecule has 3 fully saturated rings. The number of morpholine rings is 1. The van der Waals surface area contributed by atoms with Crippen molar-refractivity contribution < 1.29 is 19.4 Å². The molecule has 0 radical (unpaired) electrons. The predicted molar refractivity (Wildman–Crippen MR) is 93.6 cm³/mol. The smallest absolute Gasteiger partial charge is 0.317 e. The molecule has 3 rings (SSSR count). The van der Waals surface area contributed by atoms with Crippen molar-refractivity contribution in [3.63, 3.8) is 0 Å². The van der Waals surface area contributed by atoms with Crippen LogP contribution < -0.4 is 5.32 Å². The van der Waals surface area contributed by atoms with Crippen molar-refractivity contribution in [2.75, 3.05) is 32.8 Å². The normalized spacial score (nSPS) is 28.6. The second-order valence-corrected chi connectivity index (χ2v) is 7.74. The lowest BCUT2D eigenvalue weighted by Gasteiger charge is -2.46. The lowest BCUT2D eigenvalue weighted by molar-refractivity contribution is -0.139. The Hall–Kier alpha value is -1.34. The molecule has 142 valence electrons. The van der Waals surface area contributed by atoms with Crippen LogP contribution in [0.1, 0.15) is 51.9 Å². The van der Waals surface area contributed by atoms with Gasteiger partial charge in [-0.1, -0.05) is 26.2 Å². The Bertz CT molecular complexity index is 481. The number of carboxylic acids is 1. The third kappa shape index (κ3) is 4.44. The molecule has 1 spiro atoms. The number of carboxylic acid groups (broad SMARTS) is 1. The second-order valence-electron chi connectivity index (χ2n) is 7.74. The van der Waals surface area contributed by atoms with Gasteiger partial charge in [0, 0.05) is 18.6 Å². The van der Waals surface area contributed by atoms with Gasteiger partial charge in [0.25, 0.3) is 0 Å². The average molecular weight is 353 g/mol. The summed E-state index contributed by atoms with van der Waals surface area (Å²) in [6, 6.07) is 0.434. The van der Waals surface area contributed by atoms with E-state index in [1.165, 1.54) is 19.3 Å². The van der Waals surface area contributed by atoms with Gasteiger partial charge in [-0.2, -0.15) is 0 Å². The highest BCUT2D eigenvalue weighted by molar-refractivity contribution is 5.75. The van der Waals surface area contributed by atoms with E-state index >= 15 is 0 Å². The van der Waals surface area contributed by atoms with Crippen molar-refractivity contribution in [1.82, 2.24) is 15.1 Å². The van der Waals surface area contributed by atoms with Crippen LogP contribution in [0.15, 0.2) is 0 Å². The Balaban J connectivity index is 1.45. The summed E-state index contributed by atoms with van der Waals surface area (Å²) in [5.74, 6) is -0.791. The summed E-state index contributed by atoms with van der Waals surface area (Å²) in [7, 11) is 0. The van der Waals surface area contributed by atoms with Crippen LogP contribution in [0.5, 0.6) is 0 Å². The summed E-state index contributed by atoms with van der Waals surface area (Å²) in [4.78, 5) is 27.4. The minimum Gasteiger partial charge on any atom is -0.480 e. The number of nitrogens with zero attached hydrogens (tertiary/aromatic N) is 2. The van der Waals surface area contributed by atoms with Crippen LogP contribution in [0, 0.1) is 0 Å². The molecule has 0 aromatic heterocycles. The first-order chi connectivity index (χ1) is 12.0. The Kier molecular flexibility index (Phi) is 5.84. The fourth-order valence-electron chi connectivity index (χ4n) is 4.46. The molecular weight excluding hydrogens is 322 g/mol. The summed E-state index contributed by atoms with van der Waals surface area (Å²) in [6.07, 6.45) is 7.44. The van der Waals surface area contributed by atoms with Gasteiger partial charge >= 0.3 is 12.0 Å². The third-order valence-electron chi connectivity index (χ3n) is 6.00. The molecule has 2 saturated carbocycles. The highest BCUT2D eigenvalue weighted by Gasteiger charge is 2.41. The van der Waals surface area contributed by atoms with Crippen LogP contribution in [0.3, 0.4) is 0 Å². The molecule has 2 amide bonds. The topological polar surface area (TPSA) is 82.1 Å². The first-order valence-corrected chi connectivity index (χ1v) is 9.66. The lowest BCUT2D eigenvalue weighted by Crippen LogP contribution is -2.60. The molecule has 1 heterocycles. The summed E-state index contributed by atoms with van der Waals surface area (Å²) < 4.78 is 6.05. The summed E-state index contributed by atoms with van der Waals surface area (Å²) in [6.45, 7) is 4.77. The molecule has 1 saturated heterocycles. The average Bonchev–Trinajstić information content (AvgIpc) is 2.56. The molecule has 0 unspecified atom stereocenters. The first kappa shape index (κ1) is 18.5. The van der Waals surface area contributed by atoms with Gasteiger partial charge in [0.2, 0.25) is 0 Å². The Morgan fingerprint density at radius 1 is 1.28 bits per heavy atom. The highest BCUT2D eigenvalue weighted by Crippen LogP contribution is 2.34. The van der Waals surface area contributed by atoms with Gasteiger partial charge in [0.1, 0.15) is 0 Å². The van der Waals surface area contributed by atoms with E-state index in [1.54, 1.807) is 0 Å². The van der Waals surface area contributed by atoms with E-state index in [-0.39, 0.29) is 30.3 Å². The number of rotatable bonds is 5. The van der Waals surface area contributed by atoms with Crippen molar-refractivity contribution in [3.8, 4) is 0 Å². The van der Waals surface area contributed by atoms with Crippen molar-refractivity contribution in [2.24, 2.45) is 0 Å². The molecule has 2 aliphatic carbocycles. The monoisotopic (exact) mass is 353 g/mol. The van der Waals surface area contributed by atoms with E-state index in [2.05, 4.69) is 5.32 Å². The molecule has 0 aromatic rings. The van der Waals surface area contributed by atoms with E-state index < -0.39 is 5.97 Å². The SMILES string of the molecule is CCN(CC(=O)O)C1CC(NC(=O)N2CCOC3(CCCCC3)C2)C1. The van der Waals surface area contributed by atoms with E-state index in [4.69, 9.17) is 9.84 Å². The van der Waals surface area contributed by atoms with E-state index in [0.29, 0.717) is 19.7 Å². The minimum absolute atomic E-state index is 0.0120. The number of nitrogens with one attached hydrogen (secondary N) is 1. The molecular formula is C18H31N3O4. The third-order valence-corrected chi connectivity index (χ3v) is 6.00. The number of hydrogen-bond donors (Lipinski definition) is 2. The zero-order valence-corrected chi connectivity index (χ0v) is 15.2. The number of carbonyl (C=O) groups excluding carboxylic acids is 1. The summed E-state index contributed by atoms with van der Waals surface area (Å²) in [5.41, 5.74) is -0.115. The second kappa shape index (κ2) is 7.91. The molecule has 0 bridgehead atoms. The van der Waals surface area contributed by atoms with Crippen LogP contribution in [0.4, 0.5) is 4.79 Å². The van der Waals surface area contributed by atoms with Gasteiger partial charge in [0.05, 0.1) is 25.3 Å². The van der Waals surface area contributed by atoms with Gasteiger partial charge in [-0.15, -0.1) is 0 Å². The Morgan fingerprint density at radius 2 is 2.00 bits per heavy atom. The number of likely N-dealkylation sites (N-methyl/N-ethyl adjacent to an activating group) is 1. The van der Waals surface area contributed by atoms with Crippen molar-refractivity contribution in [3.05, 3.63) is 0 Å². The first-order valence-electron chi connectivity index (χ1n) is 9.66. The van der Waals surface area contributed by atoms with E-state index in [9.17, 15) is 9.59 Å². The largest absolute Gasteiger partial charge is 0.480 e. The maximum atomic E-state index is 12.6. The Labute approximate surface area is 149 Å². The number of aliphatic carboxylic acids is 1. The zero-order chi connectivity index (χ0) is 17.9. The molecule has 2 N–H and O–H groups in total. The molecule has 1 aliphatic heterocycles. The van der Waals surface area contributed by atoms with E-state index in [1.807, 2.05) is 16.7 Å². The number of hydrogen-bond acceptors (Lipinski definition) is 4. The number of urea groups is 1. The van der Waals surface area contributed by atoms with Crippen LogP contribution in [-0.2, 0) is 9.53 Å². The number of amides is 2. The molecule has 7 nitrogen and oxygen atoms in total. The highest BCUT2D eigenvalue weighted by atomic mass is 16.5. The van der Waals surface area contributed by atoms with Gasteiger partial charge < -0.3 is 20.1 Å². The quantitative estimate of drug-likeness (QED) is 0.786. The fraction of sp³-hybridized carbons (Fsp3) is 0.889. The molecule has 0 atom stereocenters. The fourth-order valence-corrected chi connectivity index (χ4v) is 4.46. The van der Waals surface area contributed by atoms with Crippen LogP contribution >= 0.6 is 0 Å². The van der Waals surface area contributed by atoms with Crippen molar-refractivity contribution in [2.45, 2.75) is 69.6 Å². The van der Waals surface area contributed by atoms with Crippen LogP contribution in [-0.4, -0.2) is 77.4 Å². The van der Waals surface area contributed by atoms with Crippen LogP contribution in [0.25, 0.3) is 0 Å². The van der Waals surface area contributed by atoms with Gasteiger partial charge in [-0.25, -0.2) is 4.79 Å². The molecule has 25 heavy (non-hydrogen) atoms. The van der Waals surface area contributed by atoms with Crippen LogP contribution in [0.2, 0.25) is 0 Å². The standard InChI is InChI=1S/C18H31N3O4/c1-2-20(12-16(22)23)15-10-14(11-15)19-17(24)21-8-9-25-18(13-21)6-4-3-5-7-18/h14-15H,2-13H2,1H3,(H,19,24)(H,22,23). The zero-order valence-electron chi connectivity index (χ0n) is 15.2. The summed E-state index contributed by atoms with van der Waals surface area (Å²) in [5, 5.41) is 12.1. The maximum absolute atomic E-state index is 12.6. The minimum atomic E-state index is -0.791. The number of carbonyl (C=O) groups is 2. The predicted octanol–water partition coefficient (Wildman–Crippen LogP) is 1.67. The lowest BCUT2D eigenvalue weighted by atomic mass is 9.83. The molecule has 0 aromatic carbocycles. The van der Waals surface area contributed by atoms with Gasteiger partial charge in [0.15, 0.2) is 0 Å². The Morgan fingerprint density at radius 3 is 2.64 bits per heavy atom. The van der Waals surface area contributed by atoms with Gasteiger partial charge in [-0.05, 0) is 32.2 Å². The molecule has 3 aliphatic rings. The van der Waals surface area contributed by atoms with Crippen molar-refractivity contribution >= 4 is 12.0 Å². The summed E-state index contributed by atoms with van der Waals surface area (Å²) >= 11 is 0. The van der Waals surface area contributed by atoms with E-state index in [0.717, 1.165) is 32.2 Å². The number of ether oxygens (including phenoxy) is 1. The van der Waals surface area contributed by atoms with Crippen molar-refractivity contribution in [1.29, 1.82) is 0 Å². The molecule has 7 heteroatoms. The maximum Gasteiger partial charge on any atom is 0.317 e. The van der Waals surface area contributed by atoms with Gasteiger partial charge in [-0.3, -0.25) is 9.69 Å².